The van der Waals surface area contributed by atoms with Gasteiger partial charge in [0.05, 0.1) is 5.69 Å². The quantitative estimate of drug-likeness (QED) is 0.707. The van der Waals surface area contributed by atoms with Gasteiger partial charge in [0.2, 0.25) is 0 Å². The van der Waals surface area contributed by atoms with E-state index >= 15 is 0 Å². The van der Waals surface area contributed by atoms with Crippen LogP contribution in [-0.4, -0.2) is 14.6 Å². The third-order valence-electron chi connectivity index (χ3n) is 2.26. The molecule has 0 atom stereocenters. The third kappa shape index (κ3) is 1.56. The van der Waals surface area contributed by atoms with E-state index in [2.05, 4.69) is 10.1 Å². The fourth-order valence-electron chi connectivity index (χ4n) is 1.32. The van der Waals surface area contributed by atoms with Crippen molar-refractivity contribution in [2.75, 3.05) is 0 Å². The van der Waals surface area contributed by atoms with Gasteiger partial charge in [0, 0.05) is 11.6 Å². The van der Waals surface area contributed by atoms with E-state index in [1.54, 1.807) is 13.8 Å². The summed E-state index contributed by atoms with van der Waals surface area (Å²) in [5, 5.41) is 4.23. The molecule has 0 fully saturated rings. The van der Waals surface area contributed by atoms with Crippen molar-refractivity contribution in [3.05, 3.63) is 28.2 Å². The first-order valence-electron chi connectivity index (χ1n) is 4.31. The van der Waals surface area contributed by atoms with Crippen LogP contribution in [0.5, 0.6) is 0 Å². The van der Waals surface area contributed by atoms with Crippen molar-refractivity contribution < 1.29 is 8.78 Å². The van der Waals surface area contributed by atoms with Gasteiger partial charge in [-0.05, 0) is 13.8 Å². The first-order valence-corrected chi connectivity index (χ1v) is 4.69. The summed E-state index contributed by atoms with van der Waals surface area (Å²) >= 11 is 5.82. The van der Waals surface area contributed by atoms with Gasteiger partial charge in [-0.25, -0.2) is 18.3 Å². The van der Waals surface area contributed by atoms with E-state index < -0.39 is 6.43 Å². The highest BCUT2D eigenvalue weighted by Crippen LogP contribution is 2.23. The molecule has 0 aliphatic heterocycles. The van der Waals surface area contributed by atoms with Gasteiger partial charge < -0.3 is 0 Å². The Hall–Kier alpha value is -1.23. The van der Waals surface area contributed by atoms with E-state index in [-0.39, 0.29) is 10.8 Å². The van der Waals surface area contributed by atoms with Crippen LogP contribution in [0.2, 0.25) is 5.15 Å². The van der Waals surface area contributed by atoms with Gasteiger partial charge in [-0.1, -0.05) is 11.6 Å². The standard InChI is InChI=1S/C9H8ClF2N3/c1-4-5(2)14-15-7(10)3-6(8(11)12)13-9(4)15/h3,8H,1-2H3. The molecule has 2 rings (SSSR count). The minimum Gasteiger partial charge on any atom is -0.227 e. The van der Waals surface area contributed by atoms with E-state index in [0.29, 0.717) is 5.65 Å². The molecule has 3 nitrogen and oxygen atoms in total. The van der Waals surface area contributed by atoms with Crippen LogP contribution in [0.4, 0.5) is 8.78 Å². The smallest absolute Gasteiger partial charge is 0.227 e. The van der Waals surface area contributed by atoms with Crippen LogP contribution in [0.1, 0.15) is 23.4 Å². The first kappa shape index (κ1) is 10.3. The molecule has 0 aromatic carbocycles. The molecule has 0 aliphatic carbocycles. The van der Waals surface area contributed by atoms with E-state index in [1.165, 1.54) is 4.52 Å². The van der Waals surface area contributed by atoms with Crippen LogP contribution in [0, 0.1) is 13.8 Å². The zero-order valence-corrected chi connectivity index (χ0v) is 8.89. The minimum atomic E-state index is -2.62. The summed E-state index contributed by atoms with van der Waals surface area (Å²) in [5.74, 6) is 0. The number of fused-ring (bicyclic) bond motifs is 1. The van der Waals surface area contributed by atoms with Crippen molar-refractivity contribution in [2.45, 2.75) is 20.3 Å². The Morgan fingerprint density at radius 3 is 2.67 bits per heavy atom. The lowest BCUT2D eigenvalue weighted by molar-refractivity contribution is 0.146. The maximum absolute atomic E-state index is 12.5. The Bertz CT molecular complexity index is 522. The Balaban J connectivity index is 2.79. The topological polar surface area (TPSA) is 30.2 Å². The molecule has 0 saturated carbocycles. The third-order valence-corrected chi connectivity index (χ3v) is 2.53. The number of aromatic nitrogens is 3. The molecular weight excluding hydrogens is 224 g/mol. The molecule has 2 heterocycles. The second-order valence-electron chi connectivity index (χ2n) is 3.25. The van der Waals surface area contributed by atoms with Crippen molar-refractivity contribution in [2.24, 2.45) is 0 Å². The van der Waals surface area contributed by atoms with Crippen LogP contribution < -0.4 is 0 Å². The molecule has 0 radical (unpaired) electrons. The highest BCUT2D eigenvalue weighted by atomic mass is 35.5. The molecule has 0 bridgehead atoms. The van der Waals surface area contributed by atoms with Crippen molar-refractivity contribution in [3.8, 4) is 0 Å². The van der Waals surface area contributed by atoms with Gasteiger partial charge in [0.25, 0.3) is 6.43 Å². The Labute approximate surface area is 89.7 Å². The Morgan fingerprint density at radius 2 is 2.07 bits per heavy atom. The highest BCUT2D eigenvalue weighted by Gasteiger charge is 2.15. The molecule has 0 amide bonds. The zero-order valence-electron chi connectivity index (χ0n) is 8.13. The minimum absolute atomic E-state index is 0.145. The zero-order chi connectivity index (χ0) is 11.2. The fraction of sp³-hybridized carbons (Fsp3) is 0.333. The average molecular weight is 232 g/mol. The predicted molar refractivity (Wildman–Crippen MR) is 52.4 cm³/mol. The highest BCUT2D eigenvalue weighted by molar-refractivity contribution is 6.29. The van der Waals surface area contributed by atoms with Gasteiger partial charge in [-0.2, -0.15) is 5.10 Å². The second-order valence-corrected chi connectivity index (χ2v) is 3.64. The van der Waals surface area contributed by atoms with Crippen LogP contribution in [0.3, 0.4) is 0 Å². The molecule has 6 heteroatoms. The summed E-state index contributed by atoms with van der Waals surface area (Å²) < 4.78 is 26.3. The van der Waals surface area contributed by atoms with E-state index in [4.69, 9.17) is 11.6 Å². The lowest BCUT2D eigenvalue weighted by atomic mass is 10.3. The van der Waals surface area contributed by atoms with Gasteiger partial charge >= 0.3 is 0 Å². The fourth-order valence-corrected chi connectivity index (χ4v) is 1.55. The van der Waals surface area contributed by atoms with Crippen molar-refractivity contribution in [1.82, 2.24) is 14.6 Å². The monoisotopic (exact) mass is 231 g/mol. The van der Waals surface area contributed by atoms with Gasteiger partial charge in [0.15, 0.2) is 5.65 Å². The van der Waals surface area contributed by atoms with E-state index in [1.807, 2.05) is 0 Å². The van der Waals surface area contributed by atoms with Gasteiger partial charge in [-0.3, -0.25) is 0 Å². The lowest BCUT2D eigenvalue weighted by Crippen LogP contribution is -1.98. The number of rotatable bonds is 1. The molecule has 15 heavy (non-hydrogen) atoms. The van der Waals surface area contributed by atoms with Crippen LogP contribution in [0.15, 0.2) is 6.07 Å². The number of halogens is 3. The van der Waals surface area contributed by atoms with Crippen LogP contribution in [0.25, 0.3) is 5.65 Å². The van der Waals surface area contributed by atoms with Gasteiger partial charge in [0.1, 0.15) is 10.8 Å². The number of nitrogens with zero attached hydrogens (tertiary/aromatic N) is 3. The number of alkyl halides is 2. The first-order chi connectivity index (χ1) is 7.00. The van der Waals surface area contributed by atoms with Crippen molar-refractivity contribution in [3.63, 3.8) is 0 Å². The molecule has 2 aromatic rings. The summed E-state index contributed by atoms with van der Waals surface area (Å²) in [4.78, 5) is 3.82. The predicted octanol–water partition coefficient (Wildman–Crippen LogP) is 2.94. The summed E-state index contributed by atoms with van der Waals surface area (Å²) in [7, 11) is 0. The summed E-state index contributed by atoms with van der Waals surface area (Å²) in [5.41, 5.74) is 1.56. The Kier molecular flexibility index (Phi) is 2.34. The number of hydrogen-bond donors (Lipinski definition) is 0. The number of aryl methyl sites for hydroxylation is 2. The largest absolute Gasteiger partial charge is 0.280 e. The molecular formula is C9H8ClF2N3. The van der Waals surface area contributed by atoms with Gasteiger partial charge in [-0.15, -0.1) is 0 Å². The molecule has 0 spiro atoms. The molecule has 0 N–H and O–H groups in total. The average Bonchev–Trinajstić information content (AvgIpc) is 2.45. The molecule has 0 saturated heterocycles. The van der Waals surface area contributed by atoms with Crippen molar-refractivity contribution in [1.29, 1.82) is 0 Å². The summed E-state index contributed by atoms with van der Waals surface area (Å²) in [6, 6.07) is 1.13. The molecule has 2 aromatic heterocycles. The number of hydrogen-bond acceptors (Lipinski definition) is 2. The maximum atomic E-state index is 12.5. The molecule has 0 unspecified atom stereocenters. The lowest BCUT2D eigenvalue weighted by Gasteiger charge is -2.02. The molecule has 80 valence electrons. The van der Waals surface area contributed by atoms with Crippen LogP contribution >= 0.6 is 11.6 Å². The van der Waals surface area contributed by atoms with Crippen molar-refractivity contribution >= 4 is 17.2 Å². The normalized spacial score (nSPS) is 11.6. The summed E-state index contributed by atoms with van der Waals surface area (Å²) in [6.07, 6.45) is -2.62. The molecule has 0 aliphatic rings. The second kappa shape index (κ2) is 3.41. The maximum Gasteiger partial charge on any atom is 0.280 e. The van der Waals surface area contributed by atoms with E-state index in [9.17, 15) is 8.78 Å². The van der Waals surface area contributed by atoms with E-state index in [0.717, 1.165) is 17.3 Å². The Morgan fingerprint density at radius 1 is 1.40 bits per heavy atom. The summed E-state index contributed by atoms with van der Waals surface area (Å²) in [6.45, 7) is 3.55. The SMILES string of the molecule is Cc1nn2c(Cl)cc(C(F)F)nc2c1C. The van der Waals surface area contributed by atoms with Crippen LogP contribution in [-0.2, 0) is 0 Å².